The van der Waals surface area contributed by atoms with Crippen molar-refractivity contribution in [1.82, 2.24) is 5.32 Å². The van der Waals surface area contributed by atoms with Crippen molar-refractivity contribution in [2.45, 2.75) is 138 Å². The topological polar surface area (TPSA) is 301 Å². The Morgan fingerprint density at radius 1 is 0.564 bits per heavy atom. The van der Waals surface area contributed by atoms with Gasteiger partial charge in [-0.2, -0.15) is 0 Å². The number of aliphatic imine (C=N–C) groups is 4. The molecule has 0 spiro atoms. The highest BCUT2D eigenvalue weighted by Crippen LogP contribution is 2.63. The van der Waals surface area contributed by atoms with Gasteiger partial charge in [-0.1, -0.05) is 34.6 Å². The number of rotatable bonds is 20. The van der Waals surface area contributed by atoms with Gasteiger partial charge in [0.15, 0.2) is 11.5 Å². The molecule has 1 fully saturated rings. The molecule has 1 N–H and O–H groups in total. The number of ether oxygens (including phenoxy) is 13. The molecule has 1 unspecified atom stereocenters. The lowest BCUT2D eigenvalue weighted by atomic mass is 9.55. The van der Waals surface area contributed by atoms with E-state index in [-0.39, 0.29) is 97.1 Å². The van der Waals surface area contributed by atoms with Gasteiger partial charge in [0.2, 0.25) is 0 Å². The van der Waals surface area contributed by atoms with Gasteiger partial charge in [-0.15, -0.1) is 0 Å². The summed E-state index contributed by atoms with van der Waals surface area (Å²) in [6, 6.07) is 4.41. The number of esters is 7. The van der Waals surface area contributed by atoms with Crippen LogP contribution in [0.3, 0.4) is 0 Å². The minimum atomic E-state index is -1.47. The highest BCUT2D eigenvalue weighted by molar-refractivity contribution is 6.12. The summed E-state index contributed by atoms with van der Waals surface area (Å²) < 4.78 is 73.2. The smallest absolute Gasteiger partial charge is 0.306 e. The third-order valence-corrected chi connectivity index (χ3v) is 20.3. The number of fused-ring (bicyclic) bond motifs is 7. The molecular weight excluding hydrogens is 1220 g/mol. The minimum Gasteiger partial charge on any atom is -0.487 e. The zero-order valence-corrected chi connectivity index (χ0v) is 57.5. The Bertz CT molecular complexity index is 3220. The van der Waals surface area contributed by atoms with E-state index in [2.05, 4.69) is 5.32 Å². The number of nitrogens with one attached hydrogen (secondary N) is 1. The third kappa shape index (κ3) is 16.0. The summed E-state index contributed by atoms with van der Waals surface area (Å²) in [5, 5.41) is 3.85. The first-order valence-corrected chi connectivity index (χ1v) is 32.2. The number of carbonyl (C=O) groups is 7. The van der Waals surface area contributed by atoms with Crippen LogP contribution >= 0.6 is 0 Å². The summed E-state index contributed by atoms with van der Waals surface area (Å²) in [6.45, 7) is 18.7. The van der Waals surface area contributed by atoms with Crippen molar-refractivity contribution in [1.29, 1.82) is 0 Å². The van der Waals surface area contributed by atoms with Gasteiger partial charge >= 0.3 is 41.8 Å². The maximum Gasteiger partial charge on any atom is 0.306 e. The van der Waals surface area contributed by atoms with E-state index in [1.807, 2.05) is 61.5 Å². The average Bonchev–Trinajstić information content (AvgIpc) is 1.53. The lowest BCUT2D eigenvalue weighted by Gasteiger charge is -2.48. The van der Waals surface area contributed by atoms with Crippen LogP contribution in [-0.4, -0.2) is 193 Å². The van der Waals surface area contributed by atoms with E-state index in [9.17, 15) is 33.6 Å². The first kappa shape index (κ1) is 74.1. The Morgan fingerprint density at radius 3 is 1.60 bits per heavy atom. The predicted molar refractivity (Wildman–Crippen MR) is 345 cm³/mol. The number of allylic oxidation sites excluding steroid dienone is 6. The number of methoxy groups -OCH3 is 7. The summed E-state index contributed by atoms with van der Waals surface area (Å²) in [6.07, 6.45) is 1.10. The molecule has 0 amide bonds. The number of benzene rings is 1. The van der Waals surface area contributed by atoms with E-state index in [1.165, 1.54) is 49.8 Å². The fourth-order valence-electron chi connectivity index (χ4n) is 14.8. The summed E-state index contributed by atoms with van der Waals surface area (Å²) in [4.78, 5) is 120. The standard InChI is InChI=1S/C69H97N5O20/c1-41-57-44(17-21-50(75)82-9)65(3,4)64(71-57)60(70-40-43-16-20-48-49(36-43)94-35-33-92-31-29-90-27-26-89-28-30-91-32-34-93-48)59-45(18-22-51(76)83-10)67(6,38-55(80)87-14)62(72-59)42(2)58-46(19-23-52(77)84-11)68(7,39-56(81)88-15)69(8,74-58)63-47(37-54(79)86-13)66(5,61(41)73-63)25-24-53(78)85-12/h16,20,36,40,44-47,63,72H,17-19,21-35,37-39H2,1-15H3/b57-41-,60-59+,62-42-,70-40?/t44-,45-,46-,47+,63?,66-,67+,68+,69-/m1/s1. The monoisotopic (exact) mass is 1320 g/mol. The second-order valence-corrected chi connectivity index (χ2v) is 26.0. The first-order chi connectivity index (χ1) is 44.8. The van der Waals surface area contributed by atoms with Crippen molar-refractivity contribution in [3.05, 3.63) is 57.7 Å². The van der Waals surface area contributed by atoms with Crippen molar-refractivity contribution >= 4 is 65.1 Å². The fourth-order valence-corrected chi connectivity index (χ4v) is 14.8. The Balaban J connectivity index is 1.65. The summed E-state index contributed by atoms with van der Waals surface area (Å²) in [5.74, 6) is -5.88. The number of nitrogens with zero attached hydrogens (tertiary/aromatic N) is 4. The Kier molecular flexibility index (Phi) is 25.5. The van der Waals surface area contributed by atoms with E-state index in [4.69, 9.17) is 81.5 Å². The lowest BCUT2D eigenvalue weighted by molar-refractivity contribution is -0.147. The van der Waals surface area contributed by atoms with Crippen LogP contribution in [-0.2, 0) is 85.7 Å². The zero-order chi connectivity index (χ0) is 68.8. The van der Waals surface area contributed by atoms with Crippen LogP contribution in [0.1, 0.15) is 132 Å². The van der Waals surface area contributed by atoms with Gasteiger partial charge in [0.1, 0.15) is 18.9 Å². The van der Waals surface area contributed by atoms with Crippen LogP contribution in [0.5, 0.6) is 11.5 Å². The first-order valence-electron chi connectivity index (χ1n) is 32.2. The van der Waals surface area contributed by atoms with Gasteiger partial charge in [-0.3, -0.25) is 53.5 Å². The van der Waals surface area contributed by atoms with Crippen LogP contribution in [0.15, 0.2) is 72.1 Å². The summed E-state index contributed by atoms with van der Waals surface area (Å²) in [7, 11) is 9.12. The minimum absolute atomic E-state index is 0.0345. The maximum absolute atomic E-state index is 14.3. The van der Waals surface area contributed by atoms with Gasteiger partial charge in [-0.05, 0) is 81.4 Å². The molecule has 7 rings (SSSR count). The molecule has 1 aromatic rings. The molecule has 1 saturated heterocycles. The number of carbonyl (C=O) groups excluding carboxylic acids is 7. The van der Waals surface area contributed by atoms with E-state index < -0.39 is 98.7 Å². The number of hydrogen-bond acceptors (Lipinski definition) is 25. The molecule has 6 aliphatic rings. The van der Waals surface area contributed by atoms with Crippen molar-refractivity contribution in [3.8, 4) is 11.5 Å². The zero-order valence-electron chi connectivity index (χ0n) is 57.5. The Labute approximate surface area is 551 Å². The highest BCUT2D eigenvalue weighted by atomic mass is 16.6. The molecule has 8 bridgehead atoms. The van der Waals surface area contributed by atoms with Gasteiger partial charge in [0, 0.05) is 106 Å². The van der Waals surface area contributed by atoms with E-state index in [1.54, 1.807) is 18.3 Å². The maximum atomic E-state index is 14.3. The van der Waals surface area contributed by atoms with Crippen molar-refractivity contribution < 1.29 is 95.1 Å². The Hall–Kier alpha value is -7.35. The molecule has 6 aliphatic heterocycles. The molecule has 0 radical (unpaired) electrons. The predicted octanol–water partition coefficient (Wildman–Crippen LogP) is 7.82. The normalized spacial score (nSPS) is 30.4. The van der Waals surface area contributed by atoms with Crippen molar-refractivity contribution in [2.75, 3.05) is 116 Å². The fraction of sp³-hybridized carbons (Fsp3) is 0.667. The molecule has 1 aromatic carbocycles. The molecule has 518 valence electrons. The number of hydrogen-bond donors (Lipinski definition) is 1. The van der Waals surface area contributed by atoms with Crippen LogP contribution < -0.4 is 14.8 Å². The van der Waals surface area contributed by atoms with Gasteiger partial charge < -0.3 is 66.9 Å². The second kappa shape index (κ2) is 32.4. The summed E-state index contributed by atoms with van der Waals surface area (Å²) >= 11 is 0. The summed E-state index contributed by atoms with van der Waals surface area (Å²) in [5.41, 5.74) is -1.37. The van der Waals surface area contributed by atoms with E-state index >= 15 is 0 Å². The van der Waals surface area contributed by atoms with Crippen LogP contribution in [0.25, 0.3) is 0 Å². The Morgan fingerprint density at radius 2 is 1.05 bits per heavy atom. The van der Waals surface area contributed by atoms with E-state index in [0.717, 1.165) is 0 Å². The molecule has 0 aliphatic carbocycles. The lowest BCUT2D eigenvalue weighted by Crippen LogP contribution is -2.55. The van der Waals surface area contributed by atoms with Gasteiger partial charge in [-0.25, -0.2) is 0 Å². The van der Waals surface area contributed by atoms with Crippen LogP contribution in [0.2, 0.25) is 0 Å². The van der Waals surface area contributed by atoms with Crippen molar-refractivity contribution in [3.63, 3.8) is 0 Å². The largest absolute Gasteiger partial charge is 0.487 e. The van der Waals surface area contributed by atoms with Crippen molar-refractivity contribution in [2.24, 2.45) is 65.3 Å². The molecule has 9 atom stereocenters. The third-order valence-electron chi connectivity index (χ3n) is 20.3. The average molecular weight is 1320 g/mol. The molecule has 25 heteroatoms. The second-order valence-electron chi connectivity index (χ2n) is 26.0. The highest BCUT2D eigenvalue weighted by Gasteiger charge is 2.67. The molecule has 25 nitrogen and oxygen atoms in total. The van der Waals surface area contributed by atoms with E-state index in [0.29, 0.717) is 108 Å². The van der Waals surface area contributed by atoms with Gasteiger partial charge in [0.05, 0.1) is 139 Å². The molecular formula is C69H97N5O20. The molecule has 94 heavy (non-hydrogen) atoms. The van der Waals surface area contributed by atoms with Crippen LogP contribution in [0, 0.1) is 45.3 Å². The van der Waals surface area contributed by atoms with Crippen LogP contribution in [0.4, 0.5) is 0 Å². The molecule has 6 heterocycles. The quantitative estimate of drug-likeness (QED) is 0.0738. The molecule has 0 aromatic heterocycles. The van der Waals surface area contributed by atoms with Gasteiger partial charge in [0.25, 0.3) is 0 Å². The molecule has 0 saturated carbocycles. The SMILES string of the molecule is COC(=O)CC[C@@H]1/C2=C(\C)C3=NC([C@H](CC(=O)OC)[C@@]3(C)CCC(=O)OC)[C@@]3(C)N=C(/C(C)=C4\N/C(=C(/N=Cc5ccc6c(c5)OCCOCCOCCOCCOCCO6)C(=N2)C1(C)C)[C@@H](CCC(=O)OC)[C@]4(C)CC(=O)OC)[C@@H](CCC(=O)OC)[C@]3(C)CC(=O)OC.